The predicted octanol–water partition coefficient (Wildman–Crippen LogP) is 1.97. The summed E-state index contributed by atoms with van der Waals surface area (Å²) in [6, 6.07) is 5.61. The van der Waals surface area contributed by atoms with Crippen molar-refractivity contribution < 1.29 is 4.79 Å². The molecule has 0 saturated carbocycles. The fourth-order valence-electron chi connectivity index (χ4n) is 1.67. The minimum atomic E-state index is 0.0969. The first-order valence-electron chi connectivity index (χ1n) is 5.09. The van der Waals surface area contributed by atoms with E-state index in [1.807, 2.05) is 12.1 Å². The largest absolute Gasteiger partial charge is 0.354 e. The normalized spacial score (nSPS) is 19.9. The van der Waals surface area contributed by atoms with E-state index in [1.165, 1.54) is 0 Å². The molecule has 1 aliphatic rings. The first kappa shape index (κ1) is 11.7. The standard InChI is InChI=1S/C11H12Cl2N2O/c12-8-2-1-7(10(13)3-8)5-14-9-4-11(16)15-6-9/h1-3,9,14H,4-6H2,(H,15,16). The van der Waals surface area contributed by atoms with E-state index in [0.29, 0.717) is 29.6 Å². The lowest BCUT2D eigenvalue weighted by Gasteiger charge is -2.11. The molecule has 3 nitrogen and oxygen atoms in total. The second-order valence-electron chi connectivity index (χ2n) is 3.82. The van der Waals surface area contributed by atoms with Crippen LogP contribution < -0.4 is 10.6 Å². The summed E-state index contributed by atoms with van der Waals surface area (Å²) in [6.45, 7) is 1.33. The van der Waals surface area contributed by atoms with Crippen LogP contribution in [-0.4, -0.2) is 18.5 Å². The number of carbonyl (C=O) groups excluding carboxylic acids is 1. The van der Waals surface area contributed by atoms with Crippen molar-refractivity contribution in [1.29, 1.82) is 0 Å². The zero-order valence-electron chi connectivity index (χ0n) is 8.59. The minimum Gasteiger partial charge on any atom is -0.354 e. The molecule has 1 heterocycles. The molecule has 5 heteroatoms. The first-order chi connectivity index (χ1) is 7.65. The SMILES string of the molecule is O=C1CC(NCc2ccc(Cl)cc2Cl)CN1. The molecule has 1 aromatic carbocycles. The van der Waals surface area contributed by atoms with Gasteiger partial charge in [-0.25, -0.2) is 0 Å². The first-order valence-corrected chi connectivity index (χ1v) is 5.85. The second-order valence-corrected chi connectivity index (χ2v) is 4.67. The summed E-state index contributed by atoms with van der Waals surface area (Å²) < 4.78 is 0. The lowest BCUT2D eigenvalue weighted by molar-refractivity contribution is -0.119. The van der Waals surface area contributed by atoms with Crippen molar-refractivity contribution in [1.82, 2.24) is 10.6 Å². The average Bonchev–Trinajstić information content (AvgIpc) is 2.63. The van der Waals surface area contributed by atoms with Gasteiger partial charge in [0.15, 0.2) is 0 Å². The van der Waals surface area contributed by atoms with Crippen LogP contribution in [0.3, 0.4) is 0 Å². The number of benzene rings is 1. The molecule has 1 aliphatic heterocycles. The Morgan fingerprint density at radius 3 is 2.88 bits per heavy atom. The topological polar surface area (TPSA) is 41.1 Å². The van der Waals surface area contributed by atoms with Gasteiger partial charge in [0, 0.05) is 35.6 Å². The van der Waals surface area contributed by atoms with E-state index in [9.17, 15) is 4.79 Å². The van der Waals surface area contributed by atoms with E-state index in [2.05, 4.69) is 10.6 Å². The molecule has 86 valence electrons. The molecule has 0 bridgehead atoms. The Hall–Kier alpha value is -0.770. The Morgan fingerprint density at radius 1 is 1.44 bits per heavy atom. The molecule has 1 fully saturated rings. The predicted molar refractivity (Wildman–Crippen MR) is 64.7 cm³/mol. The Morgan fingerprint density at radius 2 is 2.25 bits per heavy atom. The third kappa shape index (κ3) is 2.88. The molecular weight excluding hydrogens is 247 g/mol. The van der Waals surface area contributed by atoms with Crippen molar-refractivity contribution in [2.45, 2.75) is 19.0 Å². The Labute approximate surface area is 104 Å². The summed E-state index contributed by atoms with van der Waals surface area (Å²) in [5.74, 6) is 0.0969. The van der Waals surface area contributed by atoms with Gasteiger partial charge in [0.05, 0.1) is 0 Å². The second kappa shape index (κ2) is 5.04. The smallest absolute Gasteiger partial charge is 0.221 e. The van der Waals surface area contributed by atoms with Crippen molar-refractivity contribution in [3.63, 3.8) is 0 Å². The molecule has 0 spiro atoms. The number of carbonyl (C=O) groups is 1. The fraction of sp³-hybridized carbons (Fsp3) is 0.364. The lowest BCUT2D eigenvalue weighted by atomic mass is 10.2. The van der Waals surface area contributed by atoms with Crippen molar-refractivity contribution in [3.05, 3.63) is 33.8 Å². The zero-order valence-corrected chi connectivity index (χ0v) is 10.1. The van der Waals surface area contributed by atoms with Crippen LogP contribution in [0.25, 0.3) is 0 Å². The number of rotatable bonds is 3. The van der Waals surface area contributed by atoms with Gasteiger partial charge in [-0.2, -0.15) is 0 Å². The van der Waals surface area contributed by atoms with Crippen LogP contribution in [0.5, 0.6) is 0 Å². The summed E-state index contributed by atoms with van der Waals surface area (Å²) in [5, 5.41) is 7.33. The number of halogens is 2. The maximum Gasteiger partial charge on any atom is 0.221 e. The van der Waals surface area contributed by atoms with Crippen molar-refractivity contribution in [3.8, 4) is 0 Å². The van der Waals surface area contributed by atoms with E-state index in [0.717, 1.165) is 5.56 Å². The van der Waals surface area contributed by atoms with Gasteiger partial charge in [0.1, 0.15) is 0 Å². The molecule has 2 rings (SSSR count). The van der Waals surface area contributed by atoms with E-state index in [1.54, 1.807) is 6.07 Å². The molecule has 1 aromatic rings. The molecule has 16 heavy (non-hydrogen) atoms. The molecule has 0 aliphatic carbocycles. The quantitative estimate of drug-likeness (QED) is 0.871. The van der Waals surface area contributed by atoms with Crippen molar-refractivity contribution in [2.75, 3.05) is 6.54 Å². The maximum atomic E-state index is 11.0. The zero-order chi connectivity index (χ0) is 11.5. The molecular formula is C11H12Cl2N2O. The molecule has 1 atom stereocenters. The highest BCUT2D eigenvalue weighted by Crippen LogP contribution is 2.20. The molecule has 1 amide bonds. The Balaban J connectivity index is 1.92. The van der Waals surface area contributed by atoms with Crippen LogP contribution in [0.2, 0.25) is 10.0 Å². The van der Waals surface area contributed by atoms with Crippen molar-refractivity contribution >= 4 is 29.1 Å². The Bertz CT molecular complexity index is 409. The summed E-state index contributed by atoms with van der Waals surface area (Å²) in [4.78, 5) is 11.0. The minimum absolute atomic E-state index is 0.0969. The average molecular weight is 259 g/mol. The van der Waals surface area contributed by atoms with Gasteiger partial charge in [-0.3, -0.25) is 4.79 Å². The van der Waals surface area contributed by atoms with Gasteiger partial charge in [-0.1, -0.05) is 29.3 Å². The van der Waals surface area contributed by atoms with E-state index >= 15 is 0 Å². The highest BCUT2D eigenvalue weighted by molar-refractivity contribution is 6.35. The maximum absolute atomic E-state index is 11.0. The summed E-state index contributed by atoms with van der Waals surface area (Å²) >= 11 is 11.8. The summed E-state index contributed by atoms with van der Waals surface area (Å²) in [6.07, 6.45) is 0.533. The third-order valence-electron chi connectivity index (χ3n) is 2.57. The number of amides is 1. The lowest BCUT2D eigenvalue weighted by Crippen LogP contribution is -2.30. The number of nitrogens with one attached hydrogen (secondary N) is 2. The van der Waals surface area contributed by atoms with Crippen LogP contribution in [0.15, 0.2) is 18.2 Å². The van der Waals surface area contributed by atoms with Gasteiger partial charge >= 0.3 is 0 Å². The molecule has 2 N–H and O–H groups in total. The van der Waals surface area contributed by atoms with E-state index in [-0.39, 0.29) is 11.9 Å². The van der Waals surface area contributed by atoms with Gasteiger partial charge in [0.25, 0.3) is 0 Å². The van der Waals surface area contributed by atoms with Gasteiger partial charge < -0.3 is 10.6 Å². The van der Waals surface area contributed by atoms with Crippen LogP contribution in [-0.2, 0) is 11.3 Å². The highest BCUT2D eigenvalue weighted by atomic mass is 35.5. The number of hydrogen-bond donors (Lipinski definition) is 2. The van der Waals surface area contributed by atoms with Crippen LogP contribution in [0.1, 0.15) is 12.0 Å². The summed E-state index contributed by atoms with van der Waals surface area (Å²) in [5.41, 5.74) is 0.991. The van der Waals surface area contributed by atoms with Crippen LogP contribution >= 0.6 is 23.2 Å². The summed E-state index contributed by atoms with van der Waals surface area (Å²) in [7, 11) is 0. The van der Waals surface area contributed by atoms with Gasteiger partial charge in [-0.05, 0) is 17.7 Å². The molecule has 0 radical (unpaired) electrons. The fourth-order valence-corrected chi connectivity index (χ4v) is 2.14. The van der Waals surface area contributed by atoms with E-state index in [4.69, 9.17) is 23.2 Å². The van der Waals surface area contributed by atoms with Crippen LogP contribution in [0, 0.1) is 0 Å². The third-order valence-corrected chi connectivity index (χ3v) is 3.16. The van der Waals surface area contributed by atoms with Gasteiger partial charge in [-0.15, -0.1) is 0 Å². The number of hydrogen-bond acceptors (Lipinski definition) is 2. The molecule has 1 saturated heterocycles. The monoisotopic (exact) mass is 258 g/mol. The Kier molecular flexibility index (Phi) is 3.69. The van der Waals surface area contributed by atoms with Gasteiger partial charge in [0.2, 0.25) is 5.91 Å². The molecule has 1 unspecified atom stereocenters. The molecule has 0 aromatic heterocycles. The van der Waals surface area contributed by atoms with Crippen LogP contribution in [0.4, 0.5) is 0 Å². The van der Waals surface area contributed by atoms with Crippen molar-refractivity contribution in [2.24, 2.45) is 0 Å². The highest BCUT2D eigenvalue weighted by Gasteiger charge is 2.20. The van der Waals surface area contributed by atoms with E-state index < -0.39 is 0 Å².